The third-order valence-corrected chi connectivity index (χ3v) is 13.9. The van der Waals surface area contributed by atoms with E-state index < -0.39 is 0 Å². The summed E-state index contributed by atoms with van der Waals surface area (Å²) < 4.78 is 2.67. The van der Waals surface area contributed by atoms with Gasteiger partial charge in [0.15, 0.2) is 0 Å². The Morgan fingerprint density at radius 3 is 2.13 bits per heavy atom. The molecule has 0 spiro atoms. The predicted molar refractivity (Wildman–Crippen MR) is 238 cm³/mol. The number of rotatable bonds is 5. The molecule has 264 valence electrons. The van der Waals surface area contributed by atoms with Gasteiger partial charge in [-0.2, -0.15) is 0 Å². The molecule has 9 aromatic rings. The number of thiophene rings is 1. The van der Waals surface area contributed by atoms with Crippen molar-refractivity contribution in [3.63, 3.8) is 0 Å². The van der Waals surface area contributed by atoms with Crippen molar-refractivity contribution in [3.8, 4) is 22.3 Å². The van der Waals surface area contributed by atoms with Crippen molar-refractivity contribution in [1.82, 2.24) is 0 Å². The van der Waals surface area contributed by atoms with Gasteiger partial charge in [-0.3, -0.25) is 0 Å². The zero-order chi connectivity index (χ0) is 36.7. The third kappa shape index (κ3) is 5.12. The van der Waals surface area contributed by atoms with Gasteiger partial charge in [0.1, 0.15) is 0 Å². The second-order valence-corrected chi connectivity index (χ2v) is 17.1. The molecular formula is C53H41NS. The number of hydrogen-bond acceptors (Lipinski definition) is 2. The van der Waals surface area contributed by atoms with Crippen LogP contribution in [0, 0.1) is 5.92 Å². The molecule has 0 aliphatic heterocycles. The topological polar surface area (TPSA) is 3.24 Å². The van der Waals surface area contributed by atoms with Gasteiger partial charge < -0.3 is 4.90 Å². The van der Waals surface area contributed by atoms with Gasteiger partial charge in [0.2, 0.25) is 0 Å². The summed E-state index contributed by atoms with van der Waals surface area (Å²) in [6.45, 7) is 4.93. The molecule has 2 aliphatic rings. The maximum Gasteiger partial charge on any atom is 0.0468 e. The molecule has 1 heterocycles. The van der Waals surface area contributed by atoms with Crippen LogP contribution in [0.5, 0.6) is 0 Å². The van der Waals surface area contributed by atoms with Crippen LogP contribution in [0.2, 0.25) is 0 Å². The minimum Gasteiger partial charge on any atom is -0.310 e. The van der Waals surface area contributed by atoms with Crippen LogP contribution in [0.1, 0.15) is 43.7 Å². The highest BCUT2D eigenvalue weighted by atomic mass is 32.1. The monoisotopic (exact) mass is 723 g/mol. The standard InChI is InChI=1S/C53H41NS/c1-53(2)48-20-9-7-16-43(48)44-31-29-40(33-49(44)53)54(39-28-22-34-12-3-4-14-37(34)32-39)38-26-23-36(24-27-38)42-30-25-35-13-5-6-15-41(35)51(42)47-19-11-18-46-45-17-8-10-21-50(45)55-52(46)47/h3-8,10-19,21-33,43,48H,9,20H2,1-2H3. The van der Waals surface area contributed by atoms with Crippen molar-refractivity contribution < 1.29 is 0 Å². The van der Waals surface area contributed by atoms with Gasteiger partial charge in [-0.05, 0) is 116 Å². The first kappa shape index (κ1) is 32.5. The molecule has 11 rings (SSSR count). The number of hydrogen-bond donors (Lipinski definition) is 0. The molecule has 2 heteroatoms. The van der Waals surface area contributed by atoms with E-state index in [1.165, 1.54) is 99.3 Å². The van der Waals surface area contributed by atoms with Gasteiger partial charge >= 0.3 is 0 Å². The van der Waals surface area contributed by atoms with E-state index >= 15 is 0 Å². The van der Waals surface area contributed by atoms with Crippen LogP contribution in [-0.2, 0) is 5.41 Å². The summed E-state index contributed by atoms with van der Waals surface area (Å²) in [7, 11) is 0. The van der Waals surface area contributed by atoms with Gasteiger partial charge in [-0.25, -0.2) is 0 Å². The van der Waals surface area contributed by atoms with Crippen LogP contribution in [0.15, 0.2) is 176 Å². The highest BCUT2D eigenvalue weighted by molar-refractivity contribution is 7.26. The van der Waals surface area contributed by atoms with E-state index in [9.17, 15) is 0 Å². The molecule has 0 saturated heterocycles. The quantitative estimate of drug-likeness (QED) is 0.160. The molecule has 0 amide bonds. The Morgan fingerprint density at radius 1 is 0.564 bits per heavy atom. The van der Waals surface area contributed by atoms with Gasteiger partial charge in [0.05, 0.1) is 0 Å². The van der Waals surface area contributed by atoms with Crippen LogP contribution in [-0.4, -0.2) is 0 Å². The summed E-state index contributed by atoms with van der Waals surface area (Å²) in [5, 5.41) is 7.69. The third-order valence-electron chi connectivity index (χ3n) is 12.7. The molecule has 0 bridgehead atoms. The second-order valence-electron chi connectivity index (χ2n) is 16.0. The Hall–Kier alpha value is -5.96. The minimum absolute atomic E-state index is 0.115. The predicted octanol–water partition coefficient (Wildman–Crippen LogP) is 15.5. The Bertz CT molecular complexity index is 2980. The largest absolute Gasteiger partial charge is 0.310 e. The fourth-order valence-electron chi connectivity index (χ4n) is 9.99. The fraction of sp³-hybridized carbons (Fsp3) is 0.132. The van der Waals surface area contributed by atoms with Crippen LogP contribution in [0.3, 0.4) is 0 Å². The van der Waals surface area contributed by atoms with Crippen molar-refractivity contribution in [2.75, 3.05) is 4.90 Å². The van der Waals surface area contributed by atoms with Crippen LogP contribution in [0.25, 0.3) is 64.0 Å². The molecule has 0 saturated carbocycles. The van der Waals surface area contributed by atoms with Crippen LogP contribution >= 0.6 is 11.3 Å². The molecule has 1 aromatic heterocycles. The molecule has 8 aromatic carbocycles. The smallest absolute Gasteiger partial charge is 0.0468 e. The lowest BCUT2D eigenvalue weighted by molar-refractivity contribution is 0.301. The van der Waals surface area contributed by atoms with E-state index in [-0.39, 0.29) is 5.41 Å². The lowest BCUT2D eigenvalue weighted by Crippen LogP contribution is -2.26. The number of fused-ring (bicyclic) bond motifs is 8. The maximum absolute atomic E-state index is 2.50. The maximum atomic E-state index is 2.50. The normalized spacial score (nSPS) is 17.2. The Kier molecular flexibility index (Phi) is 7.41. The molecular weight excluding hydrogens is 683 g/mol. The second kappa shape index (κ2) is 12.5. The van der Waals surface area contributed by atoms with Gasteiger partial charge in [-0.15, -0.1) is 11.3 Å². The van der Waals surface area contributed by atoms with Crippen LogP contribution < -0.4 is 4.90 Å². The molecule has 1 nitrogen and oxygen atoms in total. The highest BCUT2D eigenvalue weighted by Gasteiger charge is 2.45. The van der Waals surface area contributed by atoms with Crippen molar-refractivity contribution >= 4 is 70.1 Å². The van der Waals surface area contributed by atoms with E-state index in [1.807, 2.05) is 11.3 Å². The summed E-state index contributed by atoms with van der Waals surface area (Å²) in [6, 6.07) is 61.3. The molecule has 2 aliphatic carbocycles. The fourth-order valence-corrected chi connectivity index (χ4v) is 11.2. The first-order valence-electron chi connectivity index (χ1n) is 19.7. The zero-order valence-corrected chi connectivity index (χ0v) is 32.0. The lowest BCUT2D eigenvalue weighted by Gasteiger charge is -2.33. The van der Waals surface area contributed by atoms with Crippen molar-refractivity contribution in [2.45, 2.75) is 38.0 Å². The van der Waals surface area contributed by atoms with E-state index in [1.54, 1.807) is 0 Å². The number of allylic oxidation sites excluding steroid dienone is 2. The first-order chi connectivity index (χ1) is 27.0. The summed E-state index contributed by atoms with van der Waals surface area (Å²) >= 11 is 1.90. The average molecular weight is 724 g/mol. The number of anilines is 3. The van der Waals surface area contributed by atoms with Gasteiger partial charge in [-0.1, -0.05) is 147 Å². The van der Waals surface area contributed by atoms with E-state index in [0.29, 0.717) is 11.8 Å². The molecule has 2 unspecified atom stereocenters. The SMILES string of the molecule is CC1(C)c2cc(N(c3ccc(-c4ccc5ccccc5c4-c4cccc5c4sc4ccccc45)cc3)c3ccc4ccccc4c3)ccc2C2C=CCCC21. The first-order valence-corrected chi connectivity index (χ1v) is 20.5. The molecule has 0 fully saturated rings. The van der Waals surface area contributed by atoms with Gasteiger partial charge in [0, 0.05) is 48.7 Å². The number of nitrogens with zero attached hydrogens (tertiary/aromatic N) is 1. The summed E-state index contributed by atoms with van der Waals surface area (Å²) in [5.74, 6) is 1.15. The van der Waals surface area contributed by atoms with Crippen molar-refractivity contribution in [1.29, 1.82) is 0 Å². The summed E-state index contributed by atoms with van der Waals surface area (Å²) in [6.07, 6.45) is 7.30. The molecule has 0 N–H and O–H groups in total. The molecule has 0 radical (unpaired) electrons. The zero-order valence-electron chi connectivity index (χ0n) is 31.2. The van der Waals surface area contributed by atoms with E-state index in [2.05, 4.69) is 195 Å². The Balaban J connectivity index is 1.07. The van der Waals surface area contributed by atoms with Crippen LogP contribution in [0.4, 0.5) is 17.1 Å². The Morgan fingerprint density at radius 2 is 1.25 bits per heavy atom. The molecule has 55 heavy (non-hydrogen) atoms. The van der Waals surface area contributed by atoms with Gasteiger partial charge in [0.25, 0.3) is 0 Å². The highest BCUT2D eigenvalue weighted by Crippen LogP contribution is 2.56. The Labute approximate surface area is 326 Å². The van der Waals surface area contributed by atoms with Crippen molar-refractivity contribution in [2.24, 2.45) is 5.92 Å². The molecule has 2 atom stereocenters. The minimum atomic E-state index is 0.115. The lowest BCUT2D eigenvalue weighted by atomic mass is 9.72. The van der Waals surface area contributed by atoms with E-state index in [4.69, 9.17) is 0 Å². The average Bonchev–Trinajstić information content (AvgIpc) is 3.73. The number of benzene rings is 8. The summed E-state index contributed by atoms with van der Waals surface area (Å²) in [4.78, 5) is 2.46. The van der Waals surface area contributed by atoms with E-state index in [0.717, 1.165) is 5.69 Å². The summed E-state index contributed by atoms with van der Waals surface area (Å²) in [5.41, 5.74) is 11.7. The van der Waals surface area contributed by atoms with Crippen molar-refractivity contribution in [3.05, 3.63) is 187 Å².